The molecule has 0 spiro atoms. The number of nitrogens with zero attached hydrogens (tertiary/aromatic N) is 1. The van der Waals surface area contributed by atoms with Gasteiger partial charge in [-0.25, -0.2) is 0 Å². The van der Waals surface area contributed by atoms with Crippen molar-refractivity contribution in [2.75, 3.05) is 7.05 Å². The van der Waals surface area contributed by atoms with Gasteiger partial charge in [0.2, 0.25) is 0 Å². The number of hydrazine groups is 1. The van der Waals surface area contributed by atoms with Crippen LogP contribution in [0.2, 0.25) is 0 Å². The lowest BCUT2D eigenvalue weighted by Gasteiger charge is -2.03. The van der Waals surface area contributed by atoms with Crippen LogP contribution in [0.4, 0.5) is 0 Å². The van der Waals surface area contributed by atoms with E-state index in [0.29, 0.717) is 0 Å². The second kappa shape index (κ2) is 3.01. The maximum Gasteiger partial charge on any atom is 0.294 e. The molecule has 1 aliphatic heterocycles. The van der Waals surface area contributed by atoms with Crippen molar-refractivity contribution >= 4 is 12.1 Å². The van der Waals surface area contributed by atoms with Crippen LogP contribution in [-0.2, 0) is 4.79 Å². The van der Waals surface area contributed by atoms with Gasteiger partial charge in [0.1, 0.15) is 5.92 Å². The Balaban J connectivity index is 2.30. The molecule has 1 unspecified atom stereocenters. The molecule has 1 amide bonds. The lowest BCUT2D eigenvalue weighted by molar-refractivity contribution is -0.605. The summed E-state index contributed by atoms with van der Waals surface area (Å²) in [7, 11) is 1.72. The first-order chi connectivity index (χ1) is 6.29. The first kappa shape index (κ1) is 7.98. The Morgan fingerprint density at radius 1 is 1.31 bits per heavy atom. The summed E-state index contributed by atoms with van der Waals surface area (Å²) in [6, 6.07) is 9.74. The molecule has 13 heavy (non-hydrogen) atoms. The molecule has 1 N–H and O–H groups in total. The third-order valence-corrected chi connectivity index (χ3v) is 2.19. The van der Waals surface area contributed by atoms with Crippen LogP contribution in [0, 0.1) is 0 Å². The fourth-order valence-electron chi connectivity index (χ4n) is 1.43. The fourth-order valence-corrected chi connectivity index (χ4v) is 1.43. The number of benzene rings is 1. The smallest absolute Gasteiger partial charge is 0.268 e. The summed E-state index contributed by atoms with van der Waals surface area (Å²) in [6.45, 7) is 0. The Labute approximate surface area is 76.7 Å². The second-order valence-corrected chi connectivity index (χ2v) is 3.08. The zero-order valence-corrected chi connectivity index (χ0v) is 7.40. The standard InChI is InChI=1S/C10H10N2O/c1-12-10(13)9(7-11-12)8-5-3-2-4-6-8/h2-7,9H,1H3/p+1. The van der Waals surface area contributed by atoms with E-state index in [1.165, 1.54) is 5.01 Å². The average molecular weight is 175 g/mol. The van der Waals surface area contributed by atoms with E-state index in [2.05, 4.69) is 5.10 Å². The Bertz CT molecular complexity index is 345. The van der Waals surface area contributed by atoms with E-state index in [1.807, 2.05) is 30.3 Å². The fraction of sp³-hybridized carbons (Fsp3) is 0.200. The number of nitrogens with one attached hydrogen (secondary N) is 1. The molecule has 0 saturated carbocycles. The van der Waals surface area contributed by atoms with E-state index in [1.54, 1.807) is 13.3 Å². The lowest BCUT2D eigenvalue weighted by Crippen LogP contribution is -2.77. The molecule has 1 aromatic carbocycles. The summed E-state index contributed by atoms with van der Waals surface area (Å²) < 4.78 is 0. The number of carbonyl (C=O) groups is 1. The quantitative estimate of drug-likeness (QED) is 0.602. The summed E-state index contributed by atoms with van der Waals surface area (Å²) >= 11 is 0. The van der Waals surface area contributed by atoms with Crippen LogP contribution >= 0.6 is 0 Å². The molecule has 0 fully saturated rings. The van der Waals surface area contributed by atoms with E-state index in [4.69, 9.17) is 0 Å². The van der Waals surface area contributed by atoms with Gasteiger partial charge in [0.25, 0.3) is 5.91 Å². The molecule has 1 aliphatic rings. The number of hydrogen-bond donors (Lipinski definition) is 1. The molecular weight excluding hydrogens is 164 g/mol. The van der Waals surface area contributed by atoms with Gasteiger partial charge in [-0.2, -0.15) is 0 Å². The highest BCUT2D eigenvalue weighted by molar-refractivity contribution is 5.98. The molecule has 1 heterocycles. The van der Waals surface area contributed by atoms with Crippen LogP contribution in [0.15, 0.2) is 30.3 Å². The minimum Gasteiger partial charge on any atom is -0.268 e. The van der Waals surface area contributed by atoms with E-state index in [-0.39, 0.29) is 11.8 Å². The van der Waals surface area contributed by atoms with E-state index in [0.717, 1.165) is 5.56 Å². The van der Waals surface area contributed by atoms with Crippen molar-refractivity contribution in [1.29, 1.82) is 0 Å². The molecule has 0 radical (unpaired) electrons. The van der Waals surface area contributed by atoms with Crippen LogP contribution < -0.4 is 5.10 Å². The number of likely N-dealkylation sites (N-methyl/N-ethyl adjacent to an activating group) is 1. The van der Waals surface area contributed by atoms with Crippen molar-refractivity contribution in [3.63, 3.8) is 0 Å². The largest absolute Gasteiger partial charge is 0.294 e. The van der Waals surface area contributed by atoms with Gasteiger partial charge < -0.3 is 0 Å². The van der Waals surface area contributed by atoms with E-state index in [9.17, 15) is 4.79 Å². The molecule has 1 atom stereocenters. The van der Waals surface area contributed by atoms with Gasteiger partial charge in [-0.1, -0.05) is 30.3 Å². The zero-order valence-electron chi connectivity index (χ0n) is 7.40. The summed E-state index contributed by atoms with van der Waals surface area (Å²) in [5.74, 6) is -0.0441. The van der Waals surface area contributed by atoms with Crippen molar-refractivity contribution in [3.8, 4) is 0 Å². The van der Waals surface area contributed by atoms with E-state index < -0.39 is 0 Å². The van der Waals surface area contributed by atoms with Crippen molar-refractivity contribution < 1.29 is 9.90 Å². The molecule has 0 saturated heterocycles. The molecule has 2 rings (SSSR count). The third kappa shape index (κ3) is 1.33. The number of rotatable bonds is 1. The maximum absolute atomic E-state index is 11.5. The van der Waals surface area contributed by atoms with Gasteiger partial charge in [-0.3, -0.25) is 4.79 Å². The summed E-state index contributed by atoms with van der Waals surface area (Å²) in [6.07, 6.45) is 1.80. The second-order valence-electron chi connectivity index (χ2n) is 3.08. The number of hydrogen-bond acceptors (Lipinski definition) is 1. The molecule has 3 heteroatoms. The Hall–Kier alpha value is -1.64. The zero-order chi connectivity index (χ0) is 9.26. The summed E-state index contributed by atoms with van der Waals surface area (Å²) in [5.41, 5.74) is 1.03. The van der Waals surface area contributed by atoms with Crippen LogP contribution in [-0.4, -0.2) is 24.2 Å². The van der Waals surface area contributed by atoms with Crippen LogP contribution in [0.5, 0.6) is 0 Å². The molecule has 0 aliphatic carbocycles. The minimum atomic E-state index is -0.133. The Kier molecular flexibility index (Phi) is 1.85. The van der Waals surface area contributed by atoms with Crippen molar-refractivity contribution in [3.05, 3.63) is 35.9 Å². The number of amides is 1. The number of hydrazone groups is 1. The van der Waals surface area contributed by atoms with Crippen LogP contribution in [0.3, 0.4) is 0 Å². The predicted molar refractivity (Wildman–Crippen MR) is 49.0 cm³/mol. The third-order valence-electron chi connectivity index (χ3n) is 2.19. The van der Waals surface area contributed by atoms with Crippen molar-refractivity contribution in [2.24, 2.45) is 0 Å². The Morgan fingerprint density at radius 3 is 2.54 bits per heavy atom. The normalized spacial score (nSPS) is 21.2. The maximum atomic E-state index is 11.5. The van der Waals surface area contributed by atoms with E-state index >= 15 is 0 Å². The molecule has 0 bridgehead atoms. The molecule has 0 aromatic heterocycles. The molecule has 66 valence electrons. The van der Waals surface area contributed by atoms with Crippen LogP contribution in [0.25, 0.3) is 0 Å². The van der Waals surface area contributed by atoms with Gasteiger partial charge in [0, 0.05) is 0 Å². The topological polar surface area (TPSA) is 34.3 Å². The van der Waals surface area contributed by atoms with Gasteiger partial charge >= 0.3 is 0 Å². The SMILES string of the molecule is CN1[NH+]=CC(c2ccccc2)C1=O. The summed E-state index contributed by atoms with van der Waals surface area (Å²) in [5, 5.41) is 4.37. The first-order valence-electron chi connectivity index (χ1n) is 4.21. The number of carbonyl (C=O) groups excluding carboxylic acids is 1. The van der Waals surface area contributed by atoms with Gasteiger partial charge in [0.05, 0.1) is 7.05 Å². The highest BCUT2D eigenvalue weighted by Crippen LogP contribution is 2.14. The summed E-state index contributed by atoms with van der Waals surface area (Å²) in [4.78, 5) is 11.5. The molecule has 1 aromatic rings. The lowest BCUT2D eigenvalue weighted by atomic mass is 10.0. The molecule has 3 nitrogen and oxygen atoms in total. The highest BCUT2D eigenvalue weighted by Gasteiger charge is 2.32. The minimum absolute atomic E-state index is 0.0891. The predicted octanol–water partition coefficient (Wildman–Crippen LogP) is -0.691. The van der Waals surface area contributed by atoms with Gasteiger partial charge in [-0.05, 0) is 5.56 Å². The molecular formula is C10H11N2O+. The first-order valence-corrected chi connectivity index (χ1v) is 4.21. The van der Waals surface area contributed by atoms with Gasteiger partial charge in [0.15, 0.2) is 6.21 Å². The van der Waals surface area contributed by atoms with Gasteiger partial charge in [-0.15, -0.1) is 10.1 Å². The highest BCUT2D eigenvalue weighted by atomic mass is 16.2. The average Bonchev–Trinajstić information content (AvgIpc) is 2.49. The monoisotopic (exact) mass is 175 g/mol. The van der Waals surface area contributed by atoms with Crippen LogP contribution in [0.1, 0.15) is 11.5 Å². The Morgan fingerprint density at radius 2 is 2.00 bits per heavy atom. The van der Waals surface area contributed by atoms with Crippen molar-refractivity contribution in [2.45, 2.75) is 5.92 Å². The van der Waals surface area contributed by atoms with Crippen molar-refractivity contribution in [1.82, 2.24) is 5.01 Å².